The van der Waals surface area contributed by atoms with Gasteiger partial charge in [0.25, 0.3) is 0 Å². The molecule has 2 saturated heterocycles. The number of hydrogen-bond acceptors (Lipinski definition) is 13. The molecular formula is C41H61BrN6O9S2. The maximum atomic E-state index is 13.1. The Labute approximate surface area is 364 Å². The fraction of sp³-hybridized carbons (Fsp3) is 0.659. The summed E-state index contributed by atoms with van der Waals surface area (Å²) < 4.78 is 23.4. The van der Waals surface area contributed by atoms with Gasteiger partial charge in [-0.05, 0) is 50.6 Å². The Hall–Kier alpha value is -3.29. The molecule has 4 rings (SSSR count). The molecule has 2 fully saturated rings. The lowest BCUT2D eigenvalue weighted by molar-refractivity contribution is -0.149. The summed E-state index contributed by atoms with van der Waals surface area (Å²) in [7, 11) is 0. The van der Waals surface area contributed by atoms with Crippen molar-refractivity contribution < 1.29 is 42.9 Å². The van der Waals surface area contributed by atoms with E-state index in [1.165, 1.54) is 17.4 Å². The lowest BCUT2D eigenvalue weighted by Crippen LogP contribution is -2.42. The van der Waals surface area contributed by atoms with Gasteiger partial charge in [0, 0.05) is 66.8 Å². The number of nitrogens with zero attached hydrogens (tertiary/aromatic N) is 1. The molecule has 3 aliphatic rings. The number of allylic oxidation sites excluding steroid dienone is 3. The van der Waals surface area contributed by atoms with E-state index < -0.39 is 12.1 Å². The Kier molecular flexibility index (Phi) is 21.4. The lowest BCUT2D eigenvalue weighted by atomic mass is 9.97. The third kappa shape index (κ3) is 18.9. The summed E-state index contributed by atoms with van der Waals surface area (Å²) in [5.74, 6) is -0.155. The van der Waals surface area contributed by atoms with Gasteiger partial charge in [0.15, 0.2) is 0 Å². The van der Waals surface area contributed by atoms with E-state index in [0.29, 0.717) is 70.5 Å². The summed E-state index contributed by atoms with van der Waals surface area (Å²) in [4.78, 5) is 66.9. The normalized spacial score (nSPS) is 27.1. The molecule has 2 bridgehead atoms. The summed E-state index contributed by atoms with van der Waals surface area (Å²) in [6.07, 6.45) is 10.5. The van der Waals surface area contributed by atoms with Crippen molar-refractivity contribution in [1.29, 1.82) is 0 Å². The standard InChI is InChI=1S/C41H61BrN6O9S2/c1-26-8-7-11-38(51)57-31(20-28(3)42)22-37-46-32(24-59-37)27(2)19-30(21-39(52)56-29(4)18-26)45-23-36(50)44-13-15-55-17-16-54-14-12-43-35(49)10-6-5-9-34-40-33(25-58-34)47-41(53)48-40/h7-8,11,20,24,27,29-31,33-34,40,45H,5-6,9-10,12-19,21-23,25H2,1-4H3,(H,43,49)(H,44,50)(H2,47,48,53)/b11-7-,26-8+,28-20+/t27?,29-,30+,31+,33?,34-,40?/m0/s1. The Bertz CT molecular complexity index is 1640. The Morgan fingerprint density at radius 2 is 1.75 bits per heavy atom. The van der Waals surface area contributed by atoms with Crippen LogP contribution in [0.3, 0.4) is 0 Å². The molecule has 5 N–H and O–H groups in total. The average molecular weight is 926 g/mol. The number of ether oxygens (including phenoxy) is 4. The molecular weight excluding hydrogens is 865 g/mol. The van der Waals surface area contributed by atoms with E-state index in [1.54, 1.807) is 12.2 Å². The molecule has 0 aromatic carbocycles. The molecule has 7 atom stereocenters. The zero-order valence-corrected chi connectivity index (χ0v) is 37.8. The zero-order valence-electron chi connectivity index (χ0n) is 34.6. The number of unbranched alkanes of at least 4 members (excludes halogenated alkanes) is 1. The minimum atomic E-state index is -0.503. The van der Waals surface area contributed by atoms with Crippen LogP contribution in [0.15, 0.2) is 39.7 Å². The van der Waals surface area contributed by atoms with Gasteiger partial charge in [-0.3, -0.25) is 14.4 Å². The molecule has 4 heterocycles. The number of amides is 4. The van der Waals surface area contributed by atoms with Gasteiger partial charge in [-0.15, -0.1) is 11.3 Å². The number of rotatable bonds is 18. The highest BCUT2D eigenvalue weighted by Gasteiger charge is 2.42. The van der Waals surface area contributed by atoms with Crippen molar-refractivity contribution in [2.45, 2.75) is 121 Å². The van der Waals surface area contributed by atoms with Crippen molar-refractivity contribution in [2.75, 3.05) is 51.8 Å². The molecule has 1 aromatic heterocycles. The van der Waals surface area contributed by atoms with E-state index in [9.17, 15) is 24.0 Å². The second kappa shape index (κ2) is 26.1. The fourth-order valence-corrected chi connectivity index (χ4v) is 9.82. The highest BCUT2D eigenvalue weighted by Crippen LogP contribution is 2.33. The molecule has 0 aliphatic carbocycles. The van der Waals surface area contributed by atoms with Crippen LogP contribution in [-0.2, 0) is 44.5 Å². The van der Waals surface area contributed by atoms with Crippen LogP contribution in [0.4, 0.5) is 4.79 Å². The Morgan fingerprint density at radius 1 is 1.00 bits per heavy atom. The van der Waals surface area contributed by atoms with E-state index in [4.69, 9.17) is 23.9 Å². The third-order valence-electron chi connectivity index (χ3n) is 9.88. The Balaban J connectivity index is 1.11. The quantitative estimate of drug-likeness (QED) is 0.0784. The maximum absolute atomic E-state index is 13.1. The third-order valence-corrected chi connectivity index (χ3v) is 12.5. The van der Waals surface area contributed by atoms with Crippen molar-refractivity contribution in [3.8, 4) is 0 Å². The van der Waals surface area contributed by atoms with Gasteiger partial charge in [-0.25, -0.2) is 14.6 Å². The first-order chi connectivity index (χ1) is 28.3. The van der Waals surface area contributed by atoms with Crippen LogP contribution in [0.5, 0.6) is 0 Å². The summed E-state index contributed by atoms with van der Waals surface area (Å²) in [6.45, 7) is 9.78. The van der Waals surface area contributed by atoms with Gasteiger partial charge in [0.2, 0.25) is 11.8 Å². The van der Waals surface area contributed by atoms with Crippen molar-refractivity contribution >= 4 is 68.8 Å². The highest BCUT2D eigenvalue weighted by atomic mass is 79.9. The van der Waals surface area contributed by atoms with E-state index in [0.717, 1.165) is 45.8 Å². The van der Waals surface area contributed by atoms with Gasteiger partial charge >= 0.3 is 18.0 Å². The van der Waals surface area contributed by atoms with Crippen LogP contribution < -0.4 is 26.6 Å². The van der Waals surface area contributed by atoms with E-state index >= 15 is 0 Å². The number of aromatic nitrogens is 1. The first-order valence-electron chi connectivity index (χ1n) is 20.5. The maximum Gasteiger partial charge on any atom is 0.331 e. The number of fused-ring (bicyclic) bond motifs is 3. The second-order valence-corrected chi connectivity index (χ2v) is 18.7. The van der Waals surface area contributed by atoms with E-state index in [-0.39, 0.29) is 66.9 Å². The molecule has 1 aromatic rings. The topological polar surface area (TPSA) is 195 Å². The predicted molar refractivity (Wildman–Crippen MR) is 233 cm³/mol. The smallest absolute Gasteiger partial charge is 0.331 e. The summed E-state index contributed by atoms with van der Waals surface area (Å²) in [5.41, 5.74) is 1.79. The van der Waals surface area contributed by atoms with Gasteiger partial charge < -0.3 is 45.5 Å². The van der Waals surface area contributed by atoms with Crippen LogP contribution in [0.2, 0.25) is 0 Å². The van der Waals surface area contributed by atoms with Gasteiger partial charge in [0.1, 0.15) is 12.2 Å². The molecule has 3 aliphatic heterocycles. The van der Waals surface area contributed by atoms with Crippen LogP contribution in [0.1, 0.15) is 89.3 Å². The van der Waals surface area contributed by atoms with Gasteiger partial charge in [0.05, 0.1) is 62.2 Å². The average Bonchev–Trinajstić information content (AvgIpc) is 3.88. The number of thioether (sulfide) groups is 1. The number of esters is 2. The lowest BCUT2D eigenvalue weighted by Gasteiger charge is -2.22. The number of carbonyl (C=O) groups excluding carboxylic acids is 5. The van der Waals surface area contributed by atoms with Gasteiger partial charge in [-0.1, -0.05) is 47.0 Å². The monoisotopic (exact) mass is 924 g/mol. The fourth-order valence-electron chi connectivity index (χ4n) is 7.02. The first kappa shape index (κ1) is 48.4. The zero-order chi connectivity index (χ0) is 42.6. The van der Waals surface area contributed by atoms with Crippen LogP contribution in [0.25, 0.3) is 0 Å². The second-order valence-electron chi connectivity index (χ2n) is 15.2. The predicted octanol–water partition coefficient (Wildman–Crippen LogP) is 4.57. The van der Waals surface area contributed by atoms with Crippen LogP contribution in [-0.4, -0.2) is 122 Å². The molecule has 0 spiro atoms. The molecule has 18 heteroatoms. The largest absolute Gasteiger partial charge is 0.462 e. The first-order valence-corrected chi connectivity index (χ1v) is 23.2. The SMILES string of the molecule is C/C(Br)=C\[C@@H]1Cc2nc(cs2)C(C)C[C@@H](NCC(=O)NCCOCCOCCNC(=O)CCCC[C@@H]2SCC3NC(=O)NC32)CC(=O)O[C@@H](C)C/C(C)=C/C=C\C(=O)O1. The number of urea groups is 1. The molecule has 59 heavy (non-hydrogen) atoms. The molecule has 3 unspecified atom stereocenters. The van der Waals surface area contributed by atoms with E-state index in [1.807, 2.05) is 50.9 Å². The van der Waals surface area contributed by atoms with Crippen LogP contribution in [0, 0.1) is 0 Å². The number of hydrogen-bond donors (Lipinski definition) is 5. The number of cyclic esters (lactones) is 2. The minimum absolute atomic E-state index is 0.00295. The van der Waals surface area contributed by atoms with E-state index in [2.05, 4.69) is 42.5 Å². The number of halogens is 1. The Morgan fingerprint density at radius 3 is 2.49 bits per heavy atom. The summed E-state index contributed by atoms with van der Waals surface area (Å²) in [6, 6.07) is -0.0133. The van der Waals surface area contributed by atoms with Crippen molar-refractivity contribution in [2.24, 2.45) is 0 Å². The highest BCUT2D eigenvalue weighted by molar-refractivity contribution is 9.11. The molecule has 328 valence electrons. The molecule has 4 amide bonds. The van der Waals surface area contributed by atoms with Crippen molar-refractivity contribution in [3.05, 3.63) is 50.4 Å². The van der Waals surface area contributed by atoms with Crippen molar-refractivity contribution in [3.63, 3.8) is 0 Å². The summed E-state index contributed by atoms with van der Waals surface area (Å²) in [5, 5.41) is 18.1. The summed E-state index contributed by atoms with van der Waals surface area (Å²) >= 11 is 6.82. The number of carbonyl (C=O) groups is 5. The minimum Gasteiger partial charge on any atom is -0.462 e. The number of nitrogens with one attached hydrogen (secondary N) is 5. The van der Waals surface area contributed by atoms with Crippen LogP contribution >= 0.6 is 39.0 Å². The van der Waals surface area contributed by atoms with Gasteiger partial charge in [-0.2, -0.15) is 11.8 Å². The molecule has 0 radical (unpaired) electrons. The van der Waals surface area contributed by atoms with Crippen molar-refractivity contribution in [1.82, 2.24) is 31.6 Å². The molecule has 0 saturated carbocycles. The molecule has 15 nitrogen and oxygen atoms in total. The number of thiazole rings is 1.